The molecular weight excluding hydrogens is 434 g/mol. The molecule has 3 aromatic carbocycles. The summed E-state index contributed by atoms with van der Waals surface area (Å²) in [6, 6.07) is 23.4. The molecule has 0 fully saturated rings. The molecule has 7 heteroatoms. The van der Waals surface area contributed by atoms with Crippen molar-refractivity contribution in [3.05, 3.63) is 95.6 Å². The van der Waals surface area contributed by atoms with Gasteiger partial charge in [0.15, 0.2) is 5.11 Å². The second-order valence-corrected chi connectivity index (χ2v) is 8.19. The molecule has 0 radical (unpaired) electrons. The maximum Gasteiger partial charge on any atom is 0.257 e. The normalized spacial score (nSPS) is 11.4. The van der Waals surface area contributed by atoms with Crippen molar-refractivity contribution >= 4 is 34.8 Å². The minimum absolute atomic E-state index is 0.0613. The van der Waals surface area contributed by atoms with E-state index in [1.165, 1.54) is 0 Å². The highest BCUT2D eigenvalue weighted by Gasteiger charge is 2.12. The number of nitrogens with one attached hydrogen (secondary N) is 3. The molecule has 3 N–H and O–H groups in total. The highest BCUT2D eigenvalue weighted by Crippen LogP contribution is 2.15. The van der Waals surface area contributed by atoms with Crippen LogP contribution in [-0.4, -0.2) is 23.0 Å². The minimum atomic E-state index is -0.325. The van der Waals surface area contributed by atoms with E-state index in [0.29, 0.717) is 22.6 Å². The van der Waals surface area contributed by atoms with E-state index in [4.69, 9.17) is 17.0 Å². The monoisotopic (exact) mass is 461 g/mol. The van der Waals surface area contributed by atoms with Crippen molar-refractivity contribution in [3.8, 4) is 5.75 Å². The van der Waals surface area contributed by atoms with Crippen LogP contribution in [0.3, 0.4) is 0 Å². The first kappa shape index (κ1) is 23.9. The molecule has 170 valence electrons. The van der Waals surface area contributed by atoms with Gasteiger partial charge in [0.2, 0.25) is 0 Å². The van der Waals surface area contributed by atoms with Gasteiger partial charge in [0.25, 0.3) is 11.8 Å². The zero-order valence-electron chi connectivity index (χ0n) is 18.8. The van der Waals surface area contributed by atoms with E-state index in [1.54, 1.807) is 48.5 Å². The molecule has 0 aromatic heterocycles. The van der Waals surface area contributed by atoms with Crippen molar-refractivity contribution in [3.63, 3.8) is 0 Å². The Hall–Kier alpha value is -3.71. The summed E-state index contributed by atoms with van der Waals surface area (Å²) in [6.45, 7) is 5.82. The number of hydrogen-bond donors (Lipinski definition) is 3. The summed E-state index contributed by atoms with van der Waals surface area (Å²) in [7, 11) is 0. The lowest BCUT2D eigenvalue weighted by atomic mass is 10.1. The largest absolute Gasteiger partial charge is 0.491 e. The first-order valence-corrected chi connectivity index (χ1v) is 11.1. The molecule has 0 saturated carbocycles. The van der Waals surface area contributed by atoms with Crippen LogP contribution in [0.1, 0.15) is 53.1 Å². The molecule has 0 saturated heterocycles. The van der Waals surface area contributed by atoms with Crippen LogP contribution < -0.4 is 20.7 Å². The van der Waals surface area contributed by atoms with Crippen molar-refractivity contribution < 1.29 is 14.3 Å². The summed E-state index contributed by atoms with van der Waals surface area (Å²) in [5.74, 6) is 0.206. The van der Waals surface area contributed by atoms with E-state index in [0.717, 1.165) is 5.56 Å². The van der Waals surface area contributed by atoms with Crippen LogP contribution in [0.25, 0.3) is 0 Å². The van der Waals surface area contributed by atoms with E-state index >= 15 is 0 Å². The molecule has 0 aliphatic carbocycles. The highest BCUT2D eigenvalue weighted by molar-refractivity contribution is 7.80. The van der Waals surface area contributed by atoms with E-state index in [2.05, 4.69) is 16.0 Å². The van der Waals surface area contributed by atoms with Crippen LogP contribution in [0.2, 0.25) is 0 Å². The molecule has 2 amide bonds. The lowest BCUT2D eigenvalue weighted by Crippen LogP contribution is -2.34. The van der Waals surface area contributed by atoms with Gasteiger partial charge >= 0.3 is 0 Å². The number of thiocarbonyl (C=S) groups is 1. The summed E-state index contributed by atoms with van der Waals surface area (Å²) in [4.78, 5) is 24.9. The third kappa shape index (κ3) is 7.15. The van der Waals surface area contributed by atoms with Gasteiger partial charge in [0.1, 0.15) is 5.75 Å². The van der Waals surface area contributed by atoms with Gasteiger partial charge in [-0.3, -0.25) is 14.9 Å². The average Bonchev–Trinajstić information content (AvgIpc) is 2.80. The minimum Gasteiger partial charge on any atom is -0.491 e. The second kappa shape index (κ2) is 11.2. The van der Waals surface area contributed by atoms with E-state index < -0.39 is 0 Å². The molecule has 6 nitrogen and oxygen atoms in total. The summed E-state index contributed by atoms with van der Waals surface area (Å²) in [5.41, 5.74) is 2.69. The predicted octanol–water partition coefficient (Wildman–Crippen LogP) is 5.09. The lowest BCUT2D eigenvalue weighted by Gasteiger charge is -2.15. The Balaban J connectivity index is 1.52. The van der Waals surface area contributed by atoms with E-state index in [-0.39, 0.29) is 29.1 Å². The zero-order chi connectivity index (χ0) is 23.8. The smallest absolute Gasteiger partial charge is 0.257 e. The summed E-state index contributed by atoms with van der Waals surface area (Å²) in [5, 5.41) is 8.75. The summed E-state index contributed by atoms with van der Waals surface area (Å²) < 4.78 is 5.58. The Morgan fingerprint density at radius 3 is 1.97 bits per heavy atom. The standard InChI is InChI=1S/C26H27N3O3S/c1-17(2)32-23-15-11-21(12-16-23)25(31)29-26(33)28-22-13-9-20(10-14-22)24(30)27-18(3)19-7-5-4-6-8-19/h4-18H,1-3H3,(H,27,30)(H2,28,29,31,33). The molecule has 0 spiro atoms. The molecule has 0 bridgehead atoms. The van der Waals surface area contributed by atoms with Crippen LogP contribution >= 0.6 is 12.2 Å². The number of amides is 2. The second-order valence-electron chi connectivity index (χ2n) is 7.78. The van der Waals surface area contributed by atoms with Crippen LogP contribution in [-0.2, 0) is 0 Å². The fourth-order valence-corrected chi connectivity index (χ4v) is 3.32. The van der Waals surface area contributed by atoms with E-state index in [9.17, 15) is 9.59 Å². The number of benzene rings is 3. The molecule has 3 aromatic rings. The molecule has 0 aliphatic rings. The van der Waals surface area contributed by atoms with Gasteiger partial charge < -0.3 is 15.4 Å². The van der Waals surface area contributed by atoms with Gasteiger partial charge in [0, 0.05) is 16.8 Å². The maximum atomic E-state index is 12.5. The number of anilines is 1. The summed E-state index contributed by atoms with van der Waals surface area (Å²) >= 11 is 5.24. The SMILES string of the molecule is CC(C)Oc1ccc(C(=O)NC(=S)Nc2ccc(C(=O)NC(C)c3ccccc3)cc2)cc1. The van der Waals surface area contributed by atoms with Crippen LogP contribution in [0.4, 0.5) is 5.69 Å². The van der Waals surface area contributed by atoms with Crippen LogP contribution in [0, 0.1) is 0 Å². The van der Waals surface area contributed by atoms with Crippen molar-refractivity contribution in [1.29, 1.82) is 0 Å². The predicted molar refractivity (Wildman–Crippen MR) is 135 cm³/mol. The fourth-order valence-electron chi connectivity index (χ4n) is 3.10. The van der Waals surface area contributed by atoms with Crippen LogP contribution in [0.15, 0.2) is 78.9 Å². The highest BCUT2D eigenvalue weighted by atomic mass is 32.1. The van der Waals surface area contributed by atoms with Gasteiger partial charge in [0.05, 0.1) is 12.1 Å². The number of ether oxygens (including phenoxy) is 1. The first-order valence-electron chi connectivity index (χ1n) is 10.7. The Labute approximate surface area is 199 Å². The Kier molecular flexibility index (Phi) is 8.16. The zero-order valence-corrected chi connectivity index (χ0v) is 19.6. The molecule has 3 rings (SSSR count). The fraction of sp³-hybridized carbons (Fsp3) is 0.192. The van der Waals surface area contributed by atoms with Gasteiger partial charge in [-0.05, 0) is 87.1 Å². The van der Waals surface area contributed by atoms with Gasteiger partial charge in [-0.2, -0.15) is 0 Å². The molecule has 0 heterocycles. The average molecular weight is 462 g/mol. The molecule has 1 atom stereocenters. The van der Waals surface area contributed by atoms with Crippen molar-refractivity contribution in [1.82, 2.24) is 10.6 Å². The van der Waals surface area contributed by atoms with Gasteiger partial charge in [-0.1, -0.05) is 30.3 Å². The number of carbonyl (C=O) groups is 2. The number of hydrogen-bond acceptors (Lipinski definition) is 4. The Morgan fingerprint density at radius 2 is 1.36 bits per heavy atom. The molecule has 0 aliphatic heterocycles. The molecule has 1 unspecified atom stereocenters. The molecule has 33 heavy (non-hydrogen) atoms. The van der Waals surface area contributed by atoms with Gasteiger partial charge in [-0.25, -0.2) is 0 Å². The lowest BCUT2D eigenvalue weighted by molar-refractivity contribution is 0.0938. The Morgan fingerprint density at radius 1 is 0.788 bits per heavy atom. The van der Waals surface area contributed by atoms with Crippen molar-refractivity contribution in [2.24, 2.45) is 0 Å². The third-order valence-electron chi connectivity index (χ3n) is 4.77. The van der Waals surface area contributed by atoms with Crippen LogP contribution in [0.5, 0.6) is 5.75 Å². The number of rotatable bonds is 7. The van der Waals surface area contributed by atoms with Crippen molar-refractivity contribution in [2.45, 2.75) is 32.9 Å². The topological polar surface area (TPSA) is 79.5 Å². The van der Waals surface area contributed by atoms with Crippen molar-refractivity contribution in [2.75, 3.05) is 5.32 Å². The Bertz CT molecular complexity index is 1100. The van der Waals surface area contributed by atoms with E-state index in [1.807, 2.05) is 51.1 Å². The maximum absolute atomic E-state index is 12.5. The number of carbonyl (C=O) groups excluding carboxylic acids is 2. The van der Waals surface area contributed by atoms with Gasteiger partial charge in [-0.15, -0.1) is 0 Å². The quantitative estimate of drug-likeness (QED) is 0.427. The third-order valence-corrected chi connectivity index (χ3v) is 4.97. The summed E-state index contributed by atoms with van der Waals surface area (Å²) in [6.07, 6.45) is 0.0613. The molecular formula is C26H27N3O3S. The first-order chi connectivity index (χ1) is 15.8.